The Morgan fingerprint density at radius 1 is 1.33 bits per heavy atom. The molecule has 0 bridgehead atoms. The first-order valence-electron chi connectivity index (χ1n) is 5.85. The van der Waals surface area contributed by atoms with E-state index in [0.29, 0.717) is 5.69 Å². The van der Waals surface area contributed by atoms with E-state index in [9.17, 15) is 8.42 Å². The minimum absolute atomic E-state index is 0.0410. The number of benzene rings is 1. The zero-order chi connectivity index (χ0) is 13.5. The van der Waals surface area contributed by atoms with Gasteiger partial charge in [-0.15, -0.1) is 0 Å². The van der Waals surface area contributed by atoms with E-state index in [1.807, 2.05) is 42.7 Å². The zero-order valence-electron chi connectivity index (χ0n) is 10.8. The number of anilines is 1. The summed E-state index contributed by atoms with van der Waals surface area (Å²) in [7, 11) is -3.06. The molecule has 0 atom stereocenters. The first kappa shape index (κ1) is 13.0. The molecule has 0 spiro atoms. The molecule has 1 aromatic heterocycles. The van der Waals surface area contributed by atoms with Gasteiger partial charge in [0, 0.05) is 23.4 Å². The predicted octanol–water partition coefficient (Wildman–Crippen LogP) is 2.35. The third-order valence-corrected chi connectivity index (χ3v) is 3.72. The van der Waals surface area contributed by atoms with E-state index in [4.69, 9.17) is 5.73 Å². The Balaban J connectivity index is 2.74. The fourth-order valence-corrected chi connectivity index (χ4v) is 3.10. The normalized spacial score (nSPS) is 12.4. The summed E-state index contributed by atoms with van der Waals surface area (Å²) in [6, 6.07) is 7.75. The van der Waals surface area contributed by atoms with Crippen LogP contribution in [0.15, 0.2) is 24.3 Å². The van der Waals surface area contributed by atoms with Crippen LogP contribution in [-0.4, -0.2) is 19.2 Å². The van der Waals surface area contributed by atoms with Crippen molar-refractivity contribution in [1.29, 1.82) is 0 Å². The number of sulfone groups is 1. The lowest BCUT2D eigenvalue weighted by Crippen LogP contribution is -2.10. The van der Waals surface area contributed by atoms with Crippen LogP contribution in [-0.2, 0) is 15.6 Å². The van der Waals surface area contributed by atoms with Crippen LogP contribution >= 0.6 is 0 Å². The van der Waals surface area contributed by atoms with E-state index >= 15 is 0 Å². The fraction of sp³-hybridized carbons (Fsp3) is 0.385. The summed E-state index contributed by atoms with van der Waals surface area (Å²) < 4.78 is 25.0. The van der Waals surface area contributed by atoms with Gasteiger partial charge in [-0.25, -0.2) is 8.42 Å². The molecule has 1 aromatic carbocycles. The van der Waals surface area contributed by atoms with Crippen molar-refractivity contribution >= 4 is 26.4 Å². The number of nitrogens with two attached hydrogens (primary N) is 1. The predicted molar refractivity (Wildman–Crippen MR) is 75.3 cm³/mol. The largest absolute Gasteiger partial charge is 0.397 e. The first-order chi connectivity index (χ1) is 8.29. The van der Waals surface area contributed by atoms with E-state index in [1.165, 1.54) is 6.26 Å². The van der Waals surface area contributed by atoms with E-state index < -0.39 is 9.84 Å². The summed E-state index contributed by atoms with van der Waals surface area (Å²) in [5.74, 6) is 0.0410. The maximum Gasteiger partial charge on any atom is 0.153 e. The third-order valence-electron chi connectivity index (χ3n) is 2.90. The van der Waals surface area contributed by atoms with Crippen molar-refractivity contribution in [2.45, 2.75) is 25.6 Å². The zero-order valence-corrected chi connectivity index (χ0v) is 11.7. The summed E-state index contributed by atoms with van der Waals surface area (Å²) in [5.41, 5.74) is 8.40. The molecule has 2 N–H and O–H groups in total. The lowest BCUT2D eigenvalue weighted by atomic mass is 10.2. The highest BCUT2D eigenvalue weighted by atomic mass is 32.2. The number of para-hydroxylation sites is 1. The van der Waals surface area contributed by atoms with Crippen molar-refractivity contribution in [3.63, 3.8) is 0 Å². The summed E-state index contributed by atoms with van der Waals surface area (Å²) in [5, 5.41) is 0.988. The van der Waals surface area contributed by atoms with Crippen molar-refractivity contribution in [3.8, 4) is 0 Å². The Kier molecular flexibility index (Phi) is 3.11. The van der Waals surface area contributed by atoms with E-state index in [1.54, 1.807) is 0 Å². The molecule has 2 aromatic rings. The third kappa shape index (κ3) is 2.36. The molecule has 18 heavy (non-hydrogen) atoms. The molecular weight excluding hydrogens is 248 g/mol. The van der Waals surface area contributed by atoms with Gasteiger partial charge in [0.15, 0.2) is 9.84 Å². The molecule has 0 saturated carbocycles. The minimum atomic E-state index is -3.06. The summed E-state index contributed by atoms with van der Waals surface area (Å²) >= 11 is 0. The van der Waals surface area contributed by atoms with E-state index in [0.717, 1.165) is 16.6 Å². The Morgan fingerprint density at radius 2 is 2.00 bits per heavy atom. The van der Waals surface area contributed by atoms with Gasteiger partial charge in [0.1, 0.15) is 0 Å². The van der Waals surface area contributed by atoms with Gasteiger partial charge >= 0.3 is 0 Å². The van der Waals surface area contributed by atoms with Crippen molar-refractivity contribution in [2.75, 3.05) is 12.0 Å². The average molecular weight is 266 g/mol. The number of fused-ring (bicyclic) bond motifs is 1. The van der Waals surface area contributed by atoms with Crippen LogP contribution in [0, 0.1) is 0 Å². The van der Waals surface area contributed by atoms with Crippen LogP contribution in [0.1, 0.15) is 25.6 Å². The highest BCUT2D eigenvalue weighted by Crippen LogP contribution is 2.29. The van der Waals surface area contributed by atoms with Crippen molar-refractivity contribution in [2.24, 2.45) is 0 Å². The van der Waals surface area contributed by atoms with Gasteiger partial charge < -0.3 is 10.3 Å². The van der Waals surface area contributed by atoms with Gasteiger partial charge in [-0.05, 0) is 26.0 Å². The van der Waals surface area contributed by atoms with Crippen molar-refractivity contribution in [1.82, 2.24) is 4.57 Å². The summed E-state index contributed by atoms with van der Waals surface area (Å²) in [4.78, 5) is 0. The number of rotatable bonds is 3. The second kappa shape index (κ2) is 4.31. The molecule has 0 amide bonds. The molecule has 5 heteroatoms. The van der Waals surface area contributed by atoms with Crippen LogP contribution in [0.5, 0.6) is 0 Å². The van der Waals surface area contributed by atoms with Gasteiger partial charge in [-0.1, -0.05) is 12.1 Å². The molecule has 4 nitrogen and oxygen atoms in total. The standard InChI is InChI=1S/C13H18N2O2S/c1-9(2)15-11(8-18(3,16)17)7-10-5-4-6-12(14)13(10)15/h4-7,9H,8,14H2,1-3H3. The topological polar surface area (TPSA) is 65.1 Å². The van der Waals surface area contributed by atoms with Crippen molar-refractivity contribution in [3.05, 3.63) is 30.0 Å². The maximum absolute atomic E-state index is 11.5. The molecule has 1 heterocycles. The number of aromatic nitrogens is 1. The maximum atomic E-state index is 11.5. The van der Waals surface area contributed by atoms with Gasteiger partial charge in [-0.3, -0.25) is 0 Å². The van der Waals surface area contributed by atoms with Crippen LogP contribution < -0.4 is 5.73 Å². The highest BCUT2D eigenvalue weighted by Gasteiger charge is 2.16. The molecule has 0 unspecified atom stereocenters. The Morgan fingerprint density at radius 3 is 2.56 bits per heavy atom. The minimum Gasteiger partial charge on any atom is -0.397 e. The molecular formula is C13H18N2O2S. The van der Waals surface area contributed by atoms with Crippen LogP contribution in [0.2, 0.25) is 0 Å². The number of hydrogen-bond donors (Lipinski definition) is 1. The van der Waals surface area contributed by atoms with Crippen molar-refractivity contribution < 1.29 is 8.42 Å². The second-order valence-corrected chi connectivity index (χ2v) is 7.09. The smallest absolute Gasteiger partial charge is 0.153 e. The molecule has 0 aliphatic carbocycles. The van der Waals surface area contributed by atoms with E-state index in [-0.39, 0.29) is 11.8 Å². The number of nitrogens with zero attached hydrogens (tertiary/aromatic N) is 1. The average Bonchev–Trinajstić information content (AvgIpc) is 2.54. The molecule has 98 valence electrons. The number of hydrogen-bond acceptors (Lipinski definition) is 3. The second-order valence-electron chi connectivity index (χ2n) is 4.95. The Labute approximate surface area is 107 Å². The molecule has 0 saturated heterocycles. The summed E-state index contributed by atoms with van der Waals surface area (Å²) in [6.07, 6.45) is 1.25. The van der Waals surface area contributed by atoms with Gasteiger partial charge in [-0.2, -0.15) is 0 Å². The first-order valence-corrected chi connectivity index (χ1v) is 7.91. The lowest BCUT2D eigenvalue weighted by Gasteiger charge is -2.15. The highest BCUT2D eigenvalue weighted by molar-refractivity contribution is 7.89. The molecule has 2 rings (SSSR count). The number of nitrogen functional groups attached to an aromatic ring is 1. The quantitative estimate of drug-likeness (QED) is 0.867. The van der Waals surface area contributed by atoms with Gasteiger partial charge in [0.2, 0.25) is 0 Å². The molecule has 0 aliphatic rings. The van der Waals surface area contributed by atoms with Gasteiger partial charge in [0.25, 0.3) is 0 Å². The lowest BCUT2D eigenvalue weighted by molar-refractivity contribution is 0.585. The summed E-state index contributed by atoms with van der Waals surface area (Å²) in [6.45, 7) is 4.05. The molecule has 0 radical (unpaired) electrons. The van der Waals surface area contributed by atoms with Crippen LogP contribution in [0.3, 0.4) is 0 Å². The van der Waals surface area contributed by atoms with Crippen LogP contribution in [0.25, 0.3) is 10.9 Å². The van der Waals surface area contributed by atoms with Gasteiger partial charge in [0.05, 0.1) is 17.0 Å². The monoisotopic (exact) mass is 266 g/mol. The molecule has 0 aliphatic heterocycles. The Hall–Kier alpha value is -1.49. The van der Waals surface area contributed by atoms with E-state index in [2.05, 4.69) is 0 Å². The SMILES string of the molecule is CC(C)n1c(CS(C)(=O)=O)cc2cccc(N)c21. The fourth-order valence-electron chi connectivity index (χ4n) is 2.34. The van der Waals surface area contributed by atoms with Crippen LogP contribution in [0.4, 0.5) is 5.69 Å². The molecule has 0 fully saturated rings. The Bertz CT molecular complexity index is 684.